The minimum Gasteiger partial charge on any atom is -0.493 e. The van der Waals surface area contributed by atoms with Crippen molar-refractivity contribution < 1.29 is 19.0 Å². The van der Waals surface area contributed by atoms with Crippen LogP contribution >= 0.6 is 0 Å². The lowest BCUT2D eigenvalue weighted by Crippen LogP contribution is -2.36. The summed E-state index contributed by atoms with van der Waals surface area (Å²) in [5.74, 6) is 2.45. The van der Waals surface area contributed by atoms with Crippen LogP contribution in [0, 0.1) is 17.8 Å². The van der Waals surface area contributed by atoms with E-state index >= 15 is 0 Å². The summed E-state index contributed by atoms with van der Waals surface area (Å²) < 4.78 is 16.5. The number of benzene rings is 1. The molecule has 23 heavy (non-hydrogen) atoms. The quantitative estimate of drug-likeness (QED) is 0.741. The number of carbonyl (C=O) groups excluding carboxylic acids is 1. The van der Waals surface area contributed by atoms with Gasteiger partial charge in [0.15, 0.2) is 18.1 Å². The molecule has 3 atom stereocenters. The first-order valence-electron chi connectivity index (χ1n) is 8.46. The lowest BCUT2D eigenvalue weighted by atomic mass is 9.75. The molecule has 1 aliphatic carbocycles. The number of para-hydroxylation sites is 2. The molecule has 0 spiro atoms. The molecule has 0 aromatic heterocycles. The standard InChI is InChI=1S/C19H28O4/c1-13(2)15-10-9-14(3)11-18(15)23-19(20)12-22-17-8-6-5-7-16(17)21-4/h5-8,13-15,18H,9-12H2,1-4H3/t14-,15+,18-/m0/s1. The predicted octanol–water partition coefficient (Wildman–Crippen LogP) is 4.08. The molecule has 0 bridgehead atoms. The number of ether oxygens (including phenoxy) is 3. The third-order valence-corrected chi connectivity index (χ3v) is 4.66. The van der Waals surface area contributed by atoms with E-state index in [2.05, 4.69) is 20.8 Å². The summed E-state index contributed by atoms with van der Waals surface area (Å²) in [5.41, 5.74) is 0. The summed E-state index contributed by atoms with van der Waals surface area (Å²) in [6, 6.07) is 7.30. The van der Waals surface area contributed by atoms with E-state index in [1.54, 1.807) is 19.2 Å². The van der Waals surface area contributed by atoms with Gasteiger partial charge in [-0.2, -0.15) is 0 Å². The molecule has 4 nitrogen and oxygen atoms in total. The molecule has 1 saturated carbocycles. The zero-order valence-electron chi connectivity index (χ0n) is 14.6. The van der Waals surface area contributed by atoms with Crippen molar-refractivity contribution >= 4 is 5.97 Å². The Morgan fingerprint density at radius 3 is 2.57 bits per heavy atom. The third kappa shape index (κ3) is 4.88. The molecular formula is C19H28O4. The Kier molecular flexibility index (Phi) is 6.31. The van der Waals surface area contributed by atoms with E-state index in [1.165, 1.54) is 6.42 Å². The fourth-order valence-electron chi connectivity index (χ4n) is 3.33. The van der Waals surface area contributed by atoms with Crippen molar-refractivity contribution in [1.29, 1.82) is 0 Å². The van der Waals surface area contributed by atoms with Gasteiger partial charge >= 0.3 is 5.97 Å². The van der Waals surface area contributed by atoms with Crippen molar-refractivity contribution in [1.82, 2.24) is 0 Å². The van der Waals surface area contributed by atoms with E-state index < -0.39 is 0 Å². The lowest BCUT2D eigenvalue weighted by molar-refractivity contribution is -0.158. The zero-order valence-corrected chi connectivity index (χ0v) is 14.6. The van der Waals surface area contributed by atoms with Crippen molar-refractivity contribution in [3.63, 3.8) is 0 Å². The SMILES string of the molecule is COc1ccccc1OCC(=O)O[C@H]1C[C@@H](C)CC[C@@H]1C(C)C. The van der Waals surface area contributed by atoms with Crippen LogP contribution in [0.5, 0.6) is 11.5 Å². The molecule has 0 N–H and O–H groups in total. The van der Waals surface area contributed by atoms with E-state index in [0.717, 1.165) is 12.8 Å². The van der Waals surface area contributed by atoms with Crippen LogP contribution in [0.2, 0.25) is 0 Å². The maximum absolute atomic E-state index is 12.2. The van der Waals surface area contributed by atoms with Crippen molar-refractivity contribution in [2.45, 2.75) is 46.1 Å². The fraction of sp³-hybridized carbons (Fsp3) is 0.632. The minimum atomic E-state index is -0.305. The molecule has 1 aromatic carbocycles. The van der Waals surface area contributed by atoms with Gasteiger partial charge in [-0.3, -0.25) is 0 Å². The lowest BCUT2D eigenvalue weighted by Gasteiger charge is -2.36. The number of methoxy groups -OCH3 is 1. The van der Waals surface area contributed by atoms with Gasteiger partial charge in [-0.05, 0) is 42.7 Å². The molecular weight excluding hydrogens is 292 g/mol. The number of hydrogen-bond acceptors (Lipinski definition) is 4. The molecule has 4 heteroatoms. The first-order chi connectivity index (χ1) is 11.0. The second-order valence-electron chi connectivity index (χ2n) is 6.79. The maximum Gasteiger partial charge on any atom is 0.344 e. The fourth-order valence-corrected chi connectivity index (χ4v) is 3.33. The molecule has 0 aliphatic heterocycles. The predicted molar refractivity (Wildman–Crippen MR) is 89.7 cm³/mol. The highest BCUT2D eigenvalue weighted by atomic mass is 16.6. The number of carbonyl (C=O) groups is 1. The van der Waals surface area contributed by atoms with Crippen LogP contribution < -0.4 is 9.47 Å². The van der Waals surface area contributed by atoms with Gasteiger partial charge in [0.05, 0.1) is 7.11 Å². The second kappa shape index (κ2) is 8.23. The smallest absolute Gasteiger partial charge is 0.344 e. The first kappa shape index (κ1) is 17.6. The van der Waals surface area contributed by atoms with Crippen LogP contribution in [0.15, 0.2) is 24.3 Å². The van der Waals surface area contributed by atoms with Crippen molar-refractivity contribution in [3.05, 3.63) is 24.3 Å². The molecule has 1 fully saturated rings. The Morgan fingerprint density at radius 1 is 1.22 bits per heavy atom. The van der Waals surface area contributed by atoms with Crippen LogP contribution in [0.25, 0.3) is 0 Å². The topological polar surface area (TPSA) is 44.8 Å². The number of esters is 1. The van der Waals surface area contributed by atoms with Gasteiger partial charge in [-0.15, -0.1) is 0 Å². The highest BCUT2D eigenvalue weighted by molar-refractivity contribution is 5.71. The summed E-state index contributed by atoms with van der Waals surface area (Å²) >= 11 is 0. The summed E-state index contributed by atoms with van der Waals surface area (Å²) in [6.07, 6.45) is 3.30. The second-order valence-corrected chi connectivity index (χ2v) is 6.79. The first-order valence-corrected chi connectivity index (χ1v) is 8.46. The van der Waals surface area contributed by atoms with E-state index in [9.17, 15) is 4.79 Å². The molecule has 0 heterocycles. The average Bonchev–Trinajstić information content (AvgIpc) is 2.53. The molecule has 0 saturated heterocycles. The average molecular weight is 320 g/mol. The van der Waals surface area contributed by atoms with Crippen LogP contribution in [0.3, 0.4) is 0 Å². The van der Waals surface area contributed by atoms with Gasteiger partial charge in [0.25, 0.3) is 0 Å². The molecule has 2 rings (SSSR count). The highest BCUT2D eigenvalue weighted by Gasteiger charge is 2.33. The number of rotatable bonds is 6. The molecule has 128 valence electrons. The summed E-state index contributed by atoms with van der Waals surface area (Å²) in [6.45, 7) is 6.54. The van der Waals surface area contributed by atoms with Crippen molar-refractivity contribution in [2.24, 2.45) is 17.8 Å². The van der Waals surface area contributed by atoms with Gasteiger partial charge in [0.1, 0.15) is 6.10 Å². The molecule has 1 aliphatic rings. The van der Waals surface area contributed by atoms with Crippen LogP contribution in [-0.4, -0.2) is 25.8 Å². The van der Waals surface area contributed by atoms with Crippen LogP contribution in [0.4, 0.5) is 0 Å². The maximum atomic E-state index is 12.2. The van der Waals surface area contributed by atoms with Crippen LogP contribution in [-0.2, 0) is 9.53 Å². The Labute approximate surface area is 139 Å². The Balaban J connectivity index is 1.90. The molecule has 0 unspecified atom stereocenters. The van der Waals surface area contributed by atoms with Gasteiger partial charge < -0.3 is 14.2 Å². The Hall–Kier alpha value is -1.71. The van der Waals surface area contributed by atoms with Gasteiger partial charge in [0, 0.05) is 0 Å². The Morgan fingerprint density at radius 2 is 1.91 bits per heavy atom. The summed E-state index contributed by atoms with van der Waals surface area (Å²) in [4.78, 5) is 12.2. The van der Waals surface area contributed by atoms with E-state index in [-0.39, 0.29) is 18.7 Å². The zero-order chi connectivity index (χ0) is 16.8. The van der Waals surface area contributed by atoms with Gasteiger partial charge in [0.2, 0.25) is 0 Å². The minimum absolute atomic E-state index is 0.00696. The molecule has 1 aromatic rings. The van der Waals surface area contributed by atoms with E-state index in [4.69, 9.17) is 14.2 Å². The third-order valence-electron chi connectivity index (χ3n) is 4.66. The van der Waals surface area contributed by atoms with E-state index in [0.29, 0.717) is 29.3 Å². The van der Waals surface area contributed by atoms with Crippen LogP contribution in [0.1, 0.15) is 40.0 Å². The normalized spacial score (nSPS) is 24.3. The molecule has 0 radical (unpaired) electrons. The van der Waals surface area contributed by atoms with Crippen molar-refractivity contribution in [3.8, 4) is 11.5 Å². The largest absolute Gasteiger partial charge is 0.493 e. The van der Waals surface area contributed by atoms with E-state index in [1.807, 2.05) is 12.1 Å². The highest BCUT2D eigenvalue weighted by Crippen LogP contribution is 2.35. The number of hydrogen-bond donors (Lipinski definition) is 0. The van der Waals surface area contributed by atoms with Gasteiger partial charge in [-0.1, -0.05) is 39.3 Å². The molecule has 0 amide bonds. The van der Waals surface area contributed by atoms with Gasteiger partial charge in [-0.25, -0.2) is 4.79 Å². The Bertz CT molecular complexity index is 512. The monoisotopic (exact) mass is 320 g/mol. The summed E-state index contributed by atoms with van der Waals surface area (Å²) in [5, 5.41) is 0. The summed E-state index contributed by atoms with van der Waals surface area (Å²) in [7, 11) is 1.58. The van der Waals surface area contributed by atoms with Crippen molar-refractivity contribution in [2.75, 3.05) is 13.7 Å².